The van der Waals surface area contributed by atoms with Gasteiger partial charge in [-0.15, -0.1) is 6.58 Å². The maximum Gasteiger partial charge on any atom is 0.0633 e. The summed E-state index contributed by atoms with van der Waals surface area (Å²) in [6.45, 7) is 12.3. The van der Waals surface area contributed by atoms with Gasteiger partial charge in [0.1, 0.15) is 0 Å². The van der Waals surface area contributed by atoms with Gasteiger partial charge in [0.2, 0.25) is 0 Å². The van der Waals surface area contributed by atoms with Gasteiger partial charge in [0, 0.05) is 10.5 Å². The predicted molar refractivity (Wildman–Crippen MR) is 62.3 cm³/mol. The first-order valence-corrected chi connectivity index (χ1v) is 5.76. The smallest absolute Gasteiger partial charge is 0.0633 e. The Morgan fingerprint density at radius 3 is 2.38 bits per heavy atom. The molecule has 0 saturated heterocycles. The summed E-state index contributed by atoms with van der Waals surface area (Å²) in [4.78, 5) is 0. The Hall–Kier alpha value is 0.0500. The molecule has 0 heterocycles. The Kier molecular flexibility index (Phi) is 5.73. The third-order valence-electron chi connectivity index (χ3n) is 1.61. The van der Waals surface area contributed by atoms with E-state index in [1.807, 2.05) is 18.7 Å². The molecule has 0 fully saturated rings. The van der Waals surface area contributed by atoms with Crippen molar-refractivity contribution in [2.75, 3.05) is 5.75 Å². The van der Waals surface area contributed by atoms with Crippen LogP contribution in [0.1, 0.15) is 40.5 Å². The highest BCUT2D eigenvalue weighted by molar-refractivity contribution is 8.00. The lowest BCUT2D eigenvalue weighted by Gasteiger charge is -2.19. The van der Waals surface area contributed by atoms with Crippen LogP contribution in [-0.4, -0.2) is 21.7 Å². The van der Waals surface area contributed by atoms with Gasteiger partial charge in [-0.1, -0.05) is 26.3 Å². The fourth-order valence-electron chi connectivity index (χ4n) is 0.843. The van der Waals surface area contributed by atoms with Gasteiger partial charge < -0.3 is 5.11 Å². The van der Waals surface area contributed by atoms with E-state index in [-0.39, 0.29) is 10.9 Å². The molecule has 0 spiro atoms. The van der Waals surface area contributed by atoms with Crippen LogP contribution in [0, 0.1) is 0 Å². The minimum atomic E-state index is -0.180. The Morgan fingerprint density at radius 1 is 1.46 bits per heavy atom. The summed E-state index contributed by atoms with van der Waals surface area (Å²) in [5.41, 5.74) is 1.15. The largest absolute Gasteiger partial charge is 0.392 e. The quantitative estimate of drug-likeness (QED) is 0.691. The van der Waals surface area contributed by atoms with Crippen LogP contribution in [0.25, 0.3) is 0 Å². The number of rotatable bonds is 5. The van der Waals surface area contributed by atoms with Crippen molar-refractivity contribution < 1.29 is 5.11 Å². The lowest BCUT2D eigenvalue weighted by Crippen LogP contribution is -2.16. The Morgan fingerprint density at radius 2 is 2.00 bits per heavy atom. The van der Waals surface area contributed by atoms with E-state index >= 15 is 0 Å². The van der Waals surface area contributed by atoms with E-state index in [0.717, 1.165) is 24.2 Å². The maximum absolute atomic E-state index is 9.60. The van der Waals surface area contributed by atoms with Crippen molar-refractivity contribution in [1.82, 2.24) is 0 Å². The van der Waals surface area contributed by atoms with Crippen molar-refractivity contribution in [2.24, 2.45) is 0 Å². The highest BCUT2D eigenvalue weighted by Crippen LogP contribution is 2.24. The molecule has 13 heavy (non-hydrogen) atoms. The van der Waals surface area contributed by atoms with Gasteiger partial charge in [-0.2, -0.15) is 11.8 Å². The minimum absolute atomic E-state index is 0.180. The lowest BCUT2D eigenvalue weighted by molar-refractivity contribution is 0.189. The zero-order valence-corrected chi connectivity index (χ0v) is 10.1. The first-order valence-electron chi connectivity index (χ1n) is 4.77. The van der Waals surface area contributed by atoms with Crippen LogP contribution in [-0.2, 0) is 0 Å². The lowest BCUT2D eigenvalue weighted by atomic mass is 10.1. The van der Waals surface area contributed by atoms with Crippen molar-refractivity contribution in [3.63, 3.8) is 0 Å². The molecule has 0 saturated carbocycles. The highest BCUT2D eigenvalue weighted by atomic mass is 32.2. The zero-order chi connectivity index (χ0) is 10.5. The Balaban J connectivity index is 3.52. The zero-order valence-electron chi connectivity index (χ0n) is 9.26. The summed E-state index contributed by atoms with van der Waals surface area (Å²) >= 11 is 1.81. The number of aliphatic hydroxyl groups excluding tert-OH is 1. The third kappa shape index (κ3) is 9.97. The summed E-state index contributed by atoms with van der Waals surface area (Å²) in [5, 5.41) is 9.60. The molecule has 0 bridgehead atoms. The van der Waals surface area contributed by atoms with Gasteiger partial charge >= 0.3 is 0 Å². The summed E-state index contributed by atoms with van der Waals surface area (Å²) < 4.78 is 0.254. The van der Waals surface area contributed by atoms with Crippen LogP contribution in [0.4, 0.5) is 0 Å². The summed E-state index contributed by atoms with van der Waals surface area (Å²) in [7, 11) is 0. The van der Waals surface area contributed by atoms with Gasteiger partial charge in [-0.05, 0) is 19.8 Å². The molecule has 1 N–H and O–H groups in total. The number of hydrogen-bond acceptors (Lipinski definition) is 2. The van der Waals surface area contributed by atoms with Crippen LogP contribution < -0.4 is 0 Å². The second kappa shape index (κ2) is 5.71. The highest BCUT2D eigenvalue weighted by Gasteiger charge is 2.13. The average molecular weight is 202 g/mol. The molecule has 0 rings (SSSR count). The molecule has 0 amide bonds. The molecule has 1 unspecified atom stereocenters. The van der Waals surface area contributed by atoms with E-state index < -0.39 is 0 Å². The van der Waals surface area contributed by atoms with Crippen molar-refractivity contribution in [3.05, 3.63) is 12.2 Å². The molecule has 0 aromatic carbocycles. The second-order valence-electron chi connectivity index (χ2n) is 4.57. The fraction of sp³-hybridized carbons (Fsp3) is 0.818. The van der Waals surface area contributed by atoms with E-state index in [0.29, 0.717) is 0 Å². The van der Waals surface area contributed by atoms with Crippen LogP contribution in [0.3, 0.4) is 0 Å². The van der Waals surface area contributed by atoms with Crippen molar-refractivity contribution >= 4 is 11.8 Å². The molecule has 78 valence electrons. The molecular weight excluding hydrogens is 180 g/mol. The number of thioether (sulfide) groups is 1. The number of hydrogen-bond donors (Lipinski definition) is 1. The number of allylic oxidation sites excluding steroid dienone is 1. The summed E-state index contributed by atoms with van der Waals surface area (Å²) in [5.74, 6) is 0.830. The first-order chi connectivity index (χ1) is 5.81. The van der Waals surface area contributed by atoms with Gasteiger partial charge in [0.25, 0.3) is 0 Å². The molecule has 2 heteroatoms. The van der Waals surface area contributed by atoms with Crippen LogP contribution in [0.2, 0.25) is 0 Å². The van der Waals surface area contributed by atoms with E-state index in [4.69, 9.17) is 0 Å². The first kappa shape index (κ1) is 13.1. The Labute approximate surface area is 86.6 Å². The van der Waals surface area contributed by atoms with Crippen molar-refractivity contribution in [2.45, 2.75) is 51.4 Å². The number of aliphatic hydroxyl groups is 1. The molecule has 0 aliphatic rings. The SMILES string of the molecule is C=C(C)CCC(O)CSC(C)(C)C. The van der Waals surface area contributed by atoms with Gasteiger partial charge in [0.15, 0.2) is 0 Å². The monoisotopic (exact) mass is 202 g/mol. The fourth-order valence-corrected chi connectivity index (χ4v) is 1.70. The average Bonchev–Trinajstić information content (AvgIpc) is 1.95. The van der Waals surface area contributed by atoms with E-state index in [9.17, 15) is 5.11 Å². The summed E-state index contributed by atoms with van der Waals surface area (Å²) in [6.07, 6.45) is 1.60. The van der Waals surface area contributed by atoms with Gasteiger partial charge in [-0.3, -0.25) is 0 Å². The molecule has 0 radical (unpaired) electrons. The van der Waals surface area contributed by atoms with Gasteiger partial charge in [-0.25, -0.2) is 0 Å². The Bertz CT molecular complexity index is 158. The van der Waals surface area contributed by atoms with Crippen LogP contribution >= 0.6 is 11.8 Å². The molecule has 1 nitrogen and oxygen atoms in total. The maximum atomic E-state index is 9.60. The third-order valence-corrected chi connectivity index (χ3v) is 3.03. The normalized spacial score (nSPS) is 14.2. The minimum Gasteiger partial charge on any atom is -0.392 e. The van der Waals surface area contributed by atoms with Gasteiger partial charge in [0.05, 0.1) is 6.10 Å². The van der Waals surface area contributed by atoms with E-state index in [1.54, 1.807) is 0 Å². The van der Waals surface area contributed by atoms with E-state index in [2.05, 4.69) is 27.4 Å². The summed E-state index contributed by atoms with van der Waals surface area (Å²) in [6, 6.07) is 0. The van der Waals surface area contributed by atoms with E-state index in [1.165, 1.54) is 0 Å². The molecule has 1 atom stereocenters. The molecule has 0 aliphatic heterocycles. The molecular formula is C11H22OS. The van der Waals surface area contributed by atoms with Crippen molar-refractivity contribution in [3.8, 4) is 0 Å². The molecule has 0 aromatic heterocycles. The van der Waals surface area contributed by atoms with Crippen LogP contribution in [0.15, 0.2) is 12.2 Å². The predicted octanol–water partition coefficient (Wildman–Crippen LogP) is 3.24. The standard InChI is InChI=1S/C11H22OS/c1-9(2)6-7-10(12)8-13-11(3,4)5/h10,12H,1,6-8H2,2-5H3. The second-order valence-corrected chi connectivity index (χ2v) is 6.42. The van der Waals surface area contributed by atoms with Crippen molar-refractivity contribution in [1.29, 1.82) is 0 Å². The van der Waals surface area contributed by atoms with Crippen LogP contribution in [0.5, 0.6) is 0 Å². The topological polar surface area (TPSA) is 20.2 Å². The molecule has 0 aromatic rings. The molecule has 0 aliphatic carbocycles.